The van der Waals surface area contributed by atoms with E-state index in [4.69, 9.17) is 0 Å². The normalized spacial score (nSPS) is 14.8. The standard InChI is InChI=1S/C17H23N5O3S/c1-3-26(24,25)22-10-7-16-14(12-22)15(20-21(16)2)6-9-19-17(23)13-5-4-8-18-11-13/h4-5,8,11H,3,6-7,9-10,12H2,1-2H3,(H,19,23). The Labute approximate surface area is 153 Å². The van der Waals surface area contributed by atoms with Gasteiger partial charge in [0.1, 0.15) is 0 Å². The van der Waals surface area contributed by atoms with Crippen LogP contribution in [-0.4, -0.2) is 52.2 Å². The quantitative estimate of drug-likeness (QED) is 0.790. The largest absolute Gasteiger partial charge is 0.352 e. The van der Waals surface area contributed by atoms with E-state index in [2.05, 4.69) is 15.4 Å². The fraction of sp³-hybridized carbons (Fsp3) is 0.471. The van der Waals surface area contributed by atoms with E-state index in [1.807, 2.05) is 11.7 Å². The summed E-state index contributed by atoms with van der Waals surface area (Å²) < 4.78 is 27.7. The molecule has 26 heavy (non-hydrogen) atoms. The molecule has 0 atom stereocenters. The Morgan fingerprint density at radius 1 is 1.38 bits per heavy atom. The number of hydrogen-bond donors (Lipinski definition) is 1. The van der Waals surface area contributed by atoms with Crippen molar-refractivity contribution in [2.45, 2.75) is 26.3 Å². The highest BCUT2D eigenvalue weighted by molar-refractivity contribution is 7.89. The molecule has 1 amide bonds. The number of aromatic nitrogens is 3. The number of nitrogens with zero attached hydrogens (tertiary/aromatic N) is 4. The van der Waals surface area contributed by atoms with Gasteiger partial charge in [-0.1, -0.05) is 0 Å². The van der Waals surface area contributed by atoms with Crippen LogP contribution < -0.4 is 5.32 Å². The summed E-state index contributed by atoms with van der Waals surface area (Å²) in [5.41, 5.74) is 3.38. The topological polar surface area (TPSA) is 97.2 Å². The highest BCUT2D eigenvalue weighted by Gasteiger charge is 2.29. The van der Waals surface area contributed by atoms with Crippen LogP contribution in [0.1, 0.15) is 34.2 Å². The second-order valence-corrected chi connectivity index (χ2v) is 8.48. The number of hydrogen-bond acceptors (Lipinski definition) is 5. The summed E-state index contributed by atoms with van der Waals surface area (Å²) in [7, 11) is -1.35. The fourth-order valence-corrected chi connectivity index (χ4v) is 4.22. The van der Waals surface area contributed by atoms with Crippen LogP contribution in [0.4, 0.5) is 0 Å². The summed E-state index contributed by atoms with van der Waals surface area (Å²) >= 11 is 0. The molecule has 0 aliphatic carbocycles. The van der Waals surface area contributed by atoms with E-state index in [1.54, 1.807) is 25.3 Å². The summed E-state index contributed by atoms with van der Waals surface area (Å²) in [6.45, 7) is 2.92. The van der Waals surface area contributed by atoms with Crippen LogP contribution in [0, 0.1) is 0 Å². The summed E-state index contributed by atoms with van der Waals surface area (Å²) in [6, 6.07) is 3.42. The van der Waals surface area contributed by atoms with Gasteiger partial charge in [-0.25, -0.2) is 8.42 Å². The Morgan fingerprint density at radius 2 is 2.19 bits per heavy atom. The molecule has 0 fully saturated rings. The molecule has 2 aromatic heterocycles. The fourth-order valence-electron chi connectivity index (χ4n) is 3.16. The molecule has 0 spiro atoms. The Balaban J connectivity index is 1.68. The third kappa shape index (κ3) is 3.78. The van der Waals surface area contributed by atoms with Crippen LogP contribution in [0.25, 0.3) is 0 Å². The van der Waals surface area contributed by atoms with E-state index in [0.29, 0.717) is 38.0 Å². The van der Waals surface area contributed by atoms with Crippen LogP contribution in [0.5, 0.6) is 0 Å². The first-order chi connectivity index (χ1) is 12.4. The number of nitrogens with one attached hydrogen (secondary N) is 1. The molecule has 0 aromatic carbocycles. The minimum Gasteiger partial charge on any atom is -0.352 e. The zero-order chi connectivity index (χ0) is 18.7. The van der Waals surface area contributed by atoms with Crippen molar-refractivity contribution in [3.05, 3.63) is 47.0 Å². The van der Waals surface area contributed by atoms with Gasteiger partial charge in [0.25, 0.3) is 5.91 Å². The minimum atomic E-state index is -3.22. The maximum Gasteiger partial charge on any atom is 0.252 e. The van der Waals surface area contributed by atoms with E-state index in [-0.39, 0.29) is 11.7 Å². The van der Waals surface area contributed by atoms with Crippen molar-refractivity contribution in [2.24, 2.45) is 7.05 Å². The van der Waals surface area contributed by atoms with Crippen molar-refractivity contribution in [2.75, 3.05) is 18.8 Å². The molecule has 0 radical (unpaired) electrons. The van der Waals surface area contributed by atoms with E-state index in [0.717, 1.165) is 17.0 Å². The molecule has 0 bridgehead atoms. The van der Waals surface area contributed by atoms with Crippen LogP contribution in [-0.2, 0) is 36.5 Å². The monoisotopic (exact) mass is 377 g/mol. The Hall–Kier alpha value is -2.26. The zero-order valence-electron chi connectivity index (χ0n) is 15.0. The SMILES string of the molecule is CCS(=O)(=O)N1CCc2c(c(CCNC(=O)c3cccnc3)nn2C)C1. The summed E-state index contributed by atoms with van der Waals surface area (Å²) in [5.74, 6) is -0.0860. The highest BCUT2D eigenvalue weighted by atomic mass is 32.2. The first-order valence-corrected chi connectivity index (χ1v) is 10.2. The summed E-state index contributed by atoms with van der Waals surface area (Å²) in [6.07, 6.45) is 4.34. The minimum absolute atomic E-state index is 0.0963. The number of rotatable bonds is 6. The number of aryl methyl sites for hydroxylation is 1. The molecule has 1 N–H and O–H groups in total. The Morgan fingerprint density at radius 3 is 2.88 bits per heavy atom. The Kier molecular flexibility index (Phi) is 5.38. The van der Waals surface area contributed by atoms with Crippen molar-refractivity contribution >= 4 is 15.9 Å². The predicted octanol–water partition coefficient (Wildman–Crippen LogP) is 0.495. The molecule has 0 unspecified atom stereocenters. The third-order valence-corrected chi connectivity index (χ3v) is 6.45. The van der Waals surface area contributed by atoms with Gasteiger partial charge >= 0.3 is 0 Å². The van der Waals surface area contributed by atoms with Crippen molar-refractivity contribution in [1.82, 2.24) is 24.4 Å². The second kappa shape index (κ2) is 7.55. The van der Waals surface area contributed by atoms with Crippen LogP contribution in [0.15, 0.2) is 24.5 Å². The maximum absolute atomic E-state index is 12.2. The Bertz CT molecular complexity index is 893. The van der Waals surface area contributed by atoms with E-state index in [9.17, 15) is 13.2 Å². The first-order valence-electron chi connectivity index (χ1n) is 8.62. The molecule has 2 aromatic rings. The lowest BCUT2D eigenvalue weighted by molar-refractivity contribution is 0.0953. The number of fused-ring (bicyclic) bond motifs is 1. The summed E-state index contributed by atoms with van der Waals surface area (Å²) in [5, 5.41) is 7.39. The number of carbonyl (C=O) groups excluding carboxylic acids is 1. The smallest absolute Gasteiger partial charge is 0.252 e. The van der Waals surface area contributed by atoms with Crippen molar-refractivity contribution in [3.8, 4) is 0 Å². The number of amides is 1. The molecular formula is C17H23N5O3S. The molecular weight excluding hydrogens is 354 g/mol. The highest BCUT2D eigenvalue weighted by Crippen LogP contribution is 2.24. The van der Waals surface area contributed by atoms with Gasteiger partial charge in [-0.2, -0.15) is 9.40 Å². The van der Waals surface area contributed by atoms with Crippen LogP contribution >= 0.6 is 0 Å². The summed E-state index contributed by atoms with van der Waals surface area (Å²) in [4.78, 5) is 16.0. The van der Waals surface area contributed by atoms with Crippen LogP contribution in [0.2, 0.25) is 0 Å². The molecule has 0 saturated carbocycles. The van der Waals surface area contributed by atoms with Gasteiger partial charge in [-0.3, -0.25) is 14.5 Å². The van der Waals surface area contributed by atoms with Gasteiger partial charge in [0, 0.05) is 63.2 Å². The van der Waals surface area contributed by atoms with Gasteiger partial charge in [0.15, 0.2) is 0 Å². The lowest BCUT2D eigenvalue weighted by Gasteiger charge is -2.26. The molecule has 140 valence electrons. The molecule has 9 heteroatoms. The molecule has 3 rings (SSSR count). The molecule has 8 nitrogen and oxygen atoms in total. The van der Waals surface area contributed by atoms with E-state index < -0.39 is 10.0 Å². The van der Waals surface area contributed by atoms with E-state index in [1.165, 1.54) is 10.5 Å². The van der Waals surface area contributed by atoms with Gasteiger partial charge in [-0.15, -0.1) is 0 Å². The van der Waals surface area contributed by atoms with E-state index >= 15 is 0 Å². The lowest BCUT2D eigenvalue weighted by Crippen LogP contribution is -2.37. The molecule has 1 aliphatic rings. The van der Waals surface area contributed by atoms with Crippen molar-refractivity contribution in [3.63, 3.8) is 0 Å². The molecule has 0 saturated heterocycles. The van der Waals surface area contributed by atoms with Crippen molar-refractivity contribution in [1.29, 1.82) is 0 Å². The maximum atomic E-state index is 12.2. The van der Waals surface area contributed by atoms with Gasteiger partial charge < -0.3 is 5.32 Å². The lowest BCUT2D eigenvalue weighted by atomic mass is 10.1. The molecule has 1 aliphatic heterocycles. The predicted molar refractivity (Wildman–Crippen MR) is 97.1 cm³/mol. The van der Waals surface area contributed by atoms with Gasteiger partial charge in [0.05, 0.1) is 17.0 Å². The number of carbonyl (C=O) groups is 1. The average Bonchev–Trinajstić information content (AvgIpc) is 2.97. The average molecular weight is 377 g/mol. The molecule has 3 heterocycles. The zero-order valence-corrected chi connectivity index (χ0v) is 15.8. The van der Waals surface area contributed by atoms with Gasteiger partial charge in [-0.05, 0) is 19.1 Å². The first kappa shape index (κ1) is 18.5. The van der Waals surface area contributed by atoms with Gasteiger partial charge in [0.2, 0.25) is 10.0 Å². The second-order valence-electron chi connectivity index (χ2n) is 6.23. The number of sulfonamides is 1. The number of pyridine rings is 1. The third-order valence-electron chi connectivity index (χ3n) is 4.62. The van der Waals surface area contributed by atoms with Crippen molar-refractivity contribution < 1.29 is 13.2 Å². The van der Waals surface area contributed by atoms with Crippen LogP contribution in [0.3, 0.4) is 0 Å².